The molecule has 0 spiro atoms. The van der Waals surface area contributed by atoms with E-state index in [0.717, 1.165) is 15.6 Å². The first kappa shape index (κ1) is 23.5. The minimum Gasteiger partial charge on any atom is -0.484 e. The molecule has 2 rings (SSSR count). The fraction of sp³-hybridized carbons (Fsp3) is 0.333. The Bertz CT molecular complexity index is 898. The second-order valence-electron chi connectivity index (χ2n) is 6.71. The van der Waals surface area contributed by atoms with Crippen LogP contribution in [0.4, 0.5) is 0 Å². The number of ether oxygens (including phenoxy) is 1. The Balaban J connectivity index is 2.21. The Hall–Kier alpha value is -1.76. The molecule has 156 valence electrons. The first-order valence-corrected chi connectivity index (χ1v) is 10.5. The first-order chi connectivity index (χ1) is 13.6. The Morgan fingerprint density at radius 3 is 2.34 bits per heavy atom. The third-order valence-corrected chi connectivity index (χ3v) is 6.38. The van der Waals surface area contributed by atoms with Gasteiger partial charge in [0.1, 0.15) is 11.8 Å². The Labute approximate surface area is 189 Å². The zero-order chi connectivity index (χ0) is 21.7. The molecule has 0 radical (unpaired) electrons. The summed E-state index contributed by atoms with van der Waals surface area (Å²) in [6.07, 6.45) is 0. The van der Waals surface area contributed by atoms with Crippen molar-refractivity contribution >= 4 is 50.9 Å². The number of rotatable bonds is 7. The normalized spacial score (nSPS) is 11.7. The van der Waals surface area contributed by atoms with Crippen LogP contribution in [0.5, 0.6) is 5.75 Å². The smallest absolute Gasteiger partial charge is 0.261 e. The summed E-state index contributed by atoms with van der Waals surface area (Å²) in [5.41, 5.74) is 2.71. The van der Waals surface area contributed by atoms with Crippen molar-refractivity contribution in [2.75, 3.05) is 13.7 Å². The molecule has 2 aromatic rings. The fourth-order valence-electron chi connectivity index (χ4n) is 2.84. The van der Waals surface area contributed by atoms with Crippen LogP contribution in [0.2, 0.25) is 10.0 Å². The average Bonchev–Trinajstić information content (AvgIpc) is 2.68. The van der Waals surface area contributed by atoms with Crippen LogP contribution in [0, 0.1) is 13.8 Å². The summed E-state index contributed by atoms with van der Waals surface area (Å²) in [7, 11) is 1.53. The molecule has 2 amide bonds. The van der Waals surface area contributed by atoms with Gasteiger partial charge < -0.3 is 15.0 Å². The molecule has 1 unspecified atom stereocenters. The summed E-state index contributed by atoms with van der Waals surface area (Å²) in [6, 6.07) is 8.05. The van der Waals surface area contributed by atoms with Gasteiger partial charge >= 0.3 is 0 Å². The number of nitrogens with one attached hydrogen (secondary N) is 1. The zero-order valence-corrected chi connectivity index (χ0v) is 19.8. The molecule has 0 saturated heterocycles. The lowest BCUT2D eigenvalue weighted by molar-refractivity contribution is -0.142. The highest BCUT2D eigenvalue weighted by atomic mass is 79.9. The van der Waals surface area contributed by atoms with Crippen LogP contribution in [0.15, 0.2) is 34.8 Å². The van der Waals surface area contributed by atoms with Crippen molar-refractivity contribution in [3.8, 4) is 5.75 Å². The van der Waals surface area contributed by atoms with E-state index in [1.165, 1.54) is 11.9 Å². The highest BCUT2D eigenvalue weighted by molar-refractivity contribution is 9.10. The van der Waals surface area contributed by atoms with Gasteiger partial charge in [0.05, 0.1) is 0 Å². The molecule has 0 aliphatic heterocycles. The van der Waals surface area contributed by atoms with Crippen molar-refractivity contribution in [2.24, 2.45) is 0 Å². The Morgan fingerprint density at radius 1 is 1.17 bits per heavy atom. The number of likely N-dealkylation sites (N-methyl/N-ethyl adjacent to an activating group) is 1. The van der Waals surface area contributed by atoms with Crippen molar-refractivity contribution < 1.29 is 14.3 Å². The molecule has 1 N–H and O–H groups in total. The summed E-state index contributed by atoms with van der Waals surface area (Å²) >= 11 is 15.7. The van der Waals surface area contributed by atoms with Gasteiger partial charge in [-0.25, -0.2) is 0 Å². The van der Waals surface area contributed by atoms with Crippen LogP contribution in [0.25, 0.3) is 0 Å². The van der Waals surface area contributed by atoms with Gasteiger partial charge in [-0.15, -0.1) is 0 Å². The molecule has 5 nitrogen and oxygen atoms in total. The van der Waals surface area contributed by atoms with Gasteiger partial charge in [-0.1, -0.05) is 45.2 Å². The molecular formula is C21H23BrCl2N2O3. The predicted molar refractivity (Wildman–Crippen MR) is 120 cm³/mol. The molecule has 0 bridgehead atoms. The van der Waals surface area contributed by atoms with Crippen molar-refractivity contribution in [3.05, 3.63) is 61.5 Å². The summed E-state index contributed by atoms with van der Waals surface area (Å²) < 4.78 is 6.72. The quantitative estimate of drug-likeness (QED) is 0.586. The van der Waals surface area contributed by atoms with Gasteiger partial charge in [-0.3, -0.25) is 9.59 Å². The van der Waals surface area contributed by atoms with Crippen LogP contribution in [-0.2, 0) is 16.1 Å². The largest absolute Gasteiger partial charge is 0.484 e. The number of benzene rings is 2. The zero-order valence-electron chi connectivity index (χ0n) is 16.7. The summed E-state index contributed by atoms with van der Waals surface area (Å²) in [4.78, 5) is 26.6. The lowest BCUT2D eigenvalue weighted by Crippen LogP contribution is -2.48. The first-order valence-electron chi connectivity index (χ1n) is 8.98. The van der Waals surface area contributed by atoms with Crippen LogP contribution in [-0.4, -0.2) is 36.4 Å². The lowest BCUT2D eigenvalue weighted by Gasteiger charge is -2.28. The number of halogens is 3. The van der Waals surface area contributed by atoms with Gasteiger partial charge in [0.25, 0.3) is 5.91 Å². The van der Waals surface area contributed by atoms with Gasteiger partial charge in [0.15, 0.2) is 6.61 Å². The maximum atomic E-state index is 12.9. The summed E-state index contributed by atoms with van der Waals surface area (Å²) in [5.74, 6) is -0.0160. The molecule has 0 aromatic heterocycles. The highest BCUT2D eigenvalue weighted by Crippen LogP contribution is 2.27. The van der Waals surface area contributed by atoms with E-state index < -0.39 is 6.04 Å². The van der Waals surface area contributed by atoms with Gasteiger partial charge in [0, 0.05) is 28.1 Å². The van der Waals surface area contributed by atoms with E-state index in [0.29, 0.717) is 21.4 Å². The number of amides is 2. The molecule has 2 aromatic carbocycles. The summed E-state index contributed by atoms with van der Waals surface area (Å²) in [6.45, 7) is 5.52. The molecule has 0 fully saturated rings. The lowest BCUT2D eigenvalue weighted by atomic mass is 10.1. The second-order valence-corrected chi connectivity index (χ2v) is 8.34. The van der Waals surface area contributed by atoms with Gasteiger partial charge in [-0.2, -0.15) is 0 Å². The number of carbonyl (C=O) groups is 2. The van der Waals surface area contributed by atoms with Crippen molar-refractivity contribution in [2.45, 2.75) is 33.4 Å². The topological polar surface area (TPSA) is 58.6 Å². The molecule has 0 aliphatic carbocycles. The van der Waals surface area contributed by atoms with Crippen molar-refractivity contribution in [3.63, 3.8) is 0 Å². The van der Waals surface area contributed by atoms with Gasteiger partial charge in [0.2, 0.25) is 5.91 Å². The second kappa shape index (κ2) is 10.3. The van der Waals surface area contributed by atoms with Crippen LogP contribution >= 0.6 is 39.1 Å². The molecule has 8 heteroatoms. The van der Waals surface area contributed by atoms with E-state index in [-0.39, 0.29) is 25.0 Å². The average molecular weight is 502 g/mol. The van der Waals surface area contributed by atoms with E-state index in [1.54, 1.807) is 25.1 Å². The monoisotopic (exact) mass is 500 g/mol. The van der Waals surface area contributed by atoms with E-state index in [9.17, 15) is 9.59 Å². The van der Waals surface area contributed by atoms with Gasteiger partial charge in [-0.05, 0) is 61.7 Å². The maximum absolute atomic E-state index is 12.9. The number of nitrogens with zero attached hydrogens (tertiary/aromatic N) is 1. The number of hydrogen-bond acceptors (Lipinski definition) is 3. The van der Waals surface area contributed by atoms with E-state index in [2.05, 4.69) is 21.2 Å². The molecule has 0 saturated carbocycles. The Kier molecular flexibility index (Phi) is 8.37. The molecular weight excluding hydrogens is 479 g/mol. The van der Waals surface area contributed by atoms with E-state index >= 15 is 0 Å². The maximum Gasteiger partial charge on any atom is 0.261 e. The number of hydrogen-bond donors (Lipinski definition) is 1. The molecule has 1 atom stereocenters. The van der Waals surface area contributed by atoms with E-state index in [1.807, 2.05) is 26.0 Å². The van der Waals surface area contributed by atoms with Crippen LogP contribution in [0.3, 0.4) is 0 Å². The van der Waals surface area contributed by atoms with Crippen molar-refractivity contribution in [1.29, 1.82) is 0 Å². The minimum atomic E-state index is -0.698. The Morgan fingerprint density at radius 2 is 1.79 bits per heavy atom. The predicted octanol–water partition coefficient (Wildman–Crippen LogP) is 4.91. The molecule has 29 heavy (non-hydrogen) atoms. The standard InChI is InChI=1S/C21H23BrCl2N2O3/c1-12-7-17(8-13(2)20(12)22)29-11-19(27)26(14(3)21(28)25-4)10-15-5-6-16(23)9-18(15)24/h5-9,14H,10-11H2,1-4H3,(H,25,28). The summed E-state index contributed by atoms with van der Waals surface area (Å²) in [5, 5.41) is 3.50. The molecule has 0 heterocycles. The SMILES string of the molecule is CNC(=O)C(C)N(Cc1ccc(Cl)cc1Cl)C(=O)COc1cc(C)c(Br)c(C)c1. The van der Waals surface area contributed by atoms with Crippen LogP contribution < -0.4 is 10.1 Å². The third-order valence-electron chi connectivity index (χ3n) is 4.54. The minimum absolute atomic E-state index is 0.158. The third kappa shape index (κ3) is 6.11. The number of carbonyl (C=O) groups excluding carboxylic acids is 2. The van der Waals surface area contributed by atoms with E-state index in [4.69, 9.17) is 27.9 Å². The highest BCUT2D eigenvalue weighted by Gasteiger charge is 2.26. The molecule has 0 aliphatic rings. The van der Waals surface area contributed by atoms with Crippen molar-refractivity contribution in [1.82, 2.24) is 10.2 Å². The fourth-order valence-corrected chi connectivity index (χ4v) is 3.54. The van der Waals surface area contributed by atoms with Crippen LogP contribution in [0.1, 0.15) is 23.6 Å². The number of aryl methyl sites for hydroxylation is 2.